The predicted octanol–water partition coefficient (Wildman–Crippen LogP) is 2.78. The maximum absolute atomic E-state index is 13.6. The Kier molecular flexibility index (Phi) is 3.63. The number of hydrogen-bond donors (Lipinski definition) is 1. The summed E-state index contributed by atoms with van der Waals surface area (Å²) in [5.74, 6) is -0.819. The molecule has 0 spiro atoms. The maximum atomic E-state index is 13.6. The molecule has 0 aliphatic carbocycles. The predicted molar refractivity (Wildman–Crippen MR) is 69.1 cm³/mol. The van der Waals surface area contributed by atoms with Crippen LogP contribution in [0.5, 0.6) is 0 Å². The van der Waals surface area contributed by atoms with Crippen LogP contribution >= 0.6 is 15.9 Å². The highest BCUT2D eigenvalue weighted by Crippen LogP contribution is 2.21. The summed E-state index contributed by atoms with van der Waals surface area (Å²) in [5.41, 5.74) is 0.278. The fourth-order valence-electron chi connectivity index (χ4n) is 1.33. The van der Waals surface area contributed by atoms with Gasteiger partial charge in [0.1, 0.15) is 10.7 Å². The van der Waals surface area contributed by atoms with Crippen molar-refractivity contribution < 1.29 is 12.8 Å². The van der Waals surface area contributed by atoms with E-state index in [0.29, 0.717) is 4.47 Å². The quantitative estimate of drug-likeness (QED) is 0.941. The normalized spacial score (nSPS) is 11.2. The molecule has 2 rings (SSSR count). The highest BCUT2D eigenvalue weighted by molar-refractivity contribution is 9.10. The van der Waals surface area contributed by atoms with Gasteiger partial charge in [-0.15, -0.1) is 0 Å². The minimum atomic E-state index is -3.95. The van der Waals surface area contributed by atoms with Gasteiger partial charge in [-0.25, -0.2) is 12.8 Å². The van der Waals surface area contributed by atoms with Crippen LogP contribution in [0, 0.1) is 5.82 Å². The average molecular weight is 331 g/mol. The van der Waals surface area contributed by atoms with E-state index in [2.05, 4.69) is 25.6 Å². The first-order valence-electron chi connectivity index (χ1n) is 4.87. The fraction of sp³-hybridized carbons (Fsp3) is 0. The Bertz CT molecular complexity index is 662. The second-order valence-corrected chi connectivity index (χ2v) is 5.99. The van der Waals surface area contributed by atoms with Gasteiger partial charge in [0.05, 0.1) is 11.9 Å². The summed E-state index contributed by atoms with van der Waals surface area (Å²) >= 11 is 3.06. The summed E-state index contributed by atoms with van der Waals surface area (Å²) in [7, 11) is -3.95. The second-order valence-electron chi connectivity index (χ2n) is 3.42. The first kappa shape index (κ1) is 13.0. The van der Waals surface area contributed by atoms with Gasteiger partial charge < -0.3 is 0 Å². The molecule has 1 N–H and O–H groups in total. The molecule has 0 radical (unpaired) electrons. The third kappa shape index (κ3) is 2.85. The summed E-state index contributed by atoms with van der Waals surface area (Å²) in [4.78, 5) is 3.36. The maximum Gasteiger partial charge on any atom is 0.264 e. The van der Waals surface area contributed by atoms with Crippen LogP contribution in [0.1, 0.15) is 0 Å². The molecule has 94 valence electrons. The molecule has 0 aliphatic rings. The van der Waals surface area contributed by atoms with Crippen molar-refractivity contribution in [2.45, 2.75) is 4.90 Å². The van der Waals surface area contributed by atoms with E-state index in [-0.39, 0.29) is 5.69 Å². The number of hydrogen-bond acceptors (Lipinski definition) is 3. The van der Waals surface area contributed by atoms with E-state index in [1.165, 1.54) is 30.6 Å². The first-order chi connectivity index (χ1) is 8.49. The van der Waals surface area contributed by atoms with Crippen molar-refractivity contribution in [3.05, 3.63) is 53.0 Å². The molecular weight excluding hydrogens is 323 g/mol. The Balaban J connectivity index is 2.37. The molecule has 0 fully saturated rings. The van der Waals surface area contributed by atoms with Crippen molar-refractivity contribution in [3.63, 3.8) is 0 Å². The number of nitrogens with one attached hydrogen (secondary N) is 1. The smallest absolute Gasteiger partial charge is 0.264 e. The zero-order valence-electron chi connectivity index (χ0n) is 8.97. The van der Waals surface area contributed by atoms with Gasteiger partial charge in [0.2, 0.25) is 0 Å². The van der Waals surface area contributed by atoms with Gasteiger partial charge in [0, 0.05) is 10.7 Å². The second kappa shape index (κ2) is 5.03. The van der Waals surface area contributed by atoms with Crippen molar-refractivity contribution >= 4 is 31.6 Å². The van der Waals surface area contributed by atoms with Crippen LogP contribution in [0.25, 0.3) is 0 Å². The molecule has 0 saturated carbocycles. The lowest BCUT2D eigenvalue weighted by Gasteiger charge is -2.08. The first-order valence-corrected chi connectivity index (χ1v) is 7.14. The van der Waals surface area contributed by atoms with E-state index in [9.17, 15) is 12.8 Å². The highest BCUT2D eigenvalue weighted by Gasteiger charge is 2.19. The molecule has 18 heavy (non-hydrogen) atoms. The molecule has 0 atom stereocenters. The van der Waals surface area contributed by atoms with Crippen molar-refractivity contribution in [1.29, 1.82) is 0 Å². The van der Waals surface area contributed by atoms with Crippen LogP contribution in [0.2, 0.25) is 0 Å². The lowest BCUT2D eigenvalue weighted by Crippen LogP contribution is -2.14. The SMILES string of the molecule is O=S(=O)(Nc1cccnc1)c1ccc(Br)cc1F. The summed E-state index contributed by atoms with van der Waals surface area (Å²) in [5, 5.41) is 0. The Morgan fingerprint density at radius 2 is 2.06 bits per heavy atom. The van der Waals surface area contributed by atoms with Gasteiger partial charge in [-0.2, -0.15) is 0 Å². The molecule has 0 aliphatic heterocycles. The molecule has 0 bridgehead atoms. The van der Waals surface area contributed by atoms with Gasteiger partial charge in [0.15, 0.2) is 0 Å². The van der Waals surface area contributed by atoms with Crippen LogP contribution in [-0.2, 0) is 10.0 Å². The monoisotopic (exact) mass is 330 g/mol. The fourth-order valence-corrected chi connectivity index (χ4v) is 2.76. The van der Waals surface area contributed by atoms with Crippen LogP contribution in [0.4, 0.5) is 10.1 Å². The number of anilines is 1. The molecule has 1 aromatic carbocycles. The van der Waals surface area contributed by atoms with E-state index in [0.717, 1.165) is 6.07 Å². The lowest BCUT2D eigenvalue weighted by atomic mass is 10.3. The number of halogens is 2. The Labute approximate surface area is 112 Å². The number of rotatable bonds is 3. The zero-order chi connectivity index (χ0) is 13.2. The number of aromatic nitrogens is 1. The van der Waals surface area contributed by atoms with Crippen molar-refractivity contribution in [1.82, 2.24) is 4.98 Å². The van der Waals surface area contributed by atoms with E-state index in [1.54, 1.807) is 6.07 Å². The molecule has 1 heterocycles. The van der Waals surface area contributed by atoms with Crippen molar-refractivity contribution in [2.24, 2.45) is 0 Å². The minimum Gasteiger partial charge on any atom is -0.278 e. The third-order valence-corrected chi connectivity index (χ3v) is 4.00. The number of nitrogens with zero attached hydrogens (tertiary/aromatic N) is 1. The molecule has 7 heteroatoms. The minimum absolute atomic E-state index is 0.278. The van der Waals surface area contributed by atoms with Crippen molar-refractivity contribution in [3.8, 4) is 0 Å². The van der Waals surface area contributed by atoms with Gasteiger partial charge in [-0.1, -0.05) is 15.9 Å². The Morgan fingerprint density at radius 1 is 1.28 bits per heavy atom. The van der Waals surface area contributed by atoms with Crippen LogP contribution in [0.15, 0.2) is 52.1 Å². The number of pyridine rings is 1. The molecule has 0 saturated heterocycles. The number of sulfonamides is 1. The summed E-state index contributed by atoms with van der Waals surface area (Å²) in [6.07, 6.45) is 2.85. The molecule has 2 aromatic rings. The third-order valence-electron chi connectivity index (χ3n) is 2.10. The Hall–Kier alpha value is -1.47. The van der Waals surface area contributed by atoms with E-state index in [1.807, 2.05) is 0 Å². The summed E-state index contributed by atoms with van der Waals surface area (Å²) in [6.45, 7) is 0. The number of benzene rings is 1. The molecule has 4 nitrogen and oxygen atoms in total. The van der Waals surface area contributed by atoms with Gasteiger partial charge in [-0.3, -0.25) is 9.71 Å². The van der Waals surface area contributed by atoms with E-state index >= 15 is 0 Å². The summed E-state index contributed by atoms with van der Waals surface area (Å²) in [6, 6.07) is 6.86. The topological polar surface area (TPSA) is 59.1 Å². The van der Waals surface area contributed by atoms with E-state index < -0.39 is 20.7 Å². The van der Waals surface area contributed by atoms with Crippen LogP contribution in [-0.4, -0.2) is 13.4 Å². The molecule has 0 amide bonds. The van der Waals surface area contributed by atoms with E-state index in [4.69, 9.17) is 0 Å². The molecule has 1 aromatic heterocycles. The highest BCUT2D eigenvalue weighted by atomic mass is 79.9. The van der Waals surface area contributed by atoms with Gasteiger partial charge in [0.25, 0.3) is 10.0 Å². The zero-order valence-corrected chi connectivity index (χ0v) is 11.4. The van der Waals surface area contributed by atoms with Gasteiger partial charge >= 0.3 is 0 Å². The standard InChI is InChI=1S/C11H8BrFN2O2S/c12-8-3-4-11(10(13)6-8)18(16,17)15-9-2-1-5-14-7-9/h1-7,15H. The van der Waals surface area contributed by atoms with Crippen molar-refractivity contribution in [2.75, 3.05) is 4.72 Å². The van der Waals surface area contributed by atoms with Crippen LogP contribution in [0.3, 0.4) is 0 Å². The molecular formula is C11H8BrFN2O2S. The Morgan fingerprint density at radius 3 is 2.67 bits per heavy atom. The van der Waals surface area contributed by atoms with Gasteiger partial charge in [-0.05, 0) is 30.3 Å². The molecule has 0 unspecified atom stereocenters. The van der Waals surface area contributed by atoms with Crippen LogP contribution < -0.4 is 4.72 Å². The largest absolute Gasteiger partial charge is 0.278 e. The average Bonchev–Trinajstić information content (AvgIpc) is 2.29. The summed E-state index contributed by atoms with van der Waals surface area (Å²) < 4.78 is 40.2. The lowest BCUT2D eigenvalue weighted by molar-refractivity contribution is 0.570.